The van der Waals surface area contributed by atoms with Crippen molar-refractivity contribution >= 4 is 15.9 Å². The summed E-state index contributed by atoms with van der Waals surface area (Å²) in [7, 11) is -1.84. The third-order valence-electron chi connectivity index (χ3n) is 2.84. The average Bonchev–Trinajstić information content (AvgIpc) is 2.99. The van der Waals surface area contributed by atoms with Crippen molar-refractivity contribution < 1.29 is 8.42 Å². The molecule has 1 aliphatic rings. The fourth-order valence-electron chi connectivity index (χ4n) is 1.76. The van der Waals surface area contributed by atoms with Gasteiger partial charge in [-0.25, -0.2) is 8.42 Å². The largest absolute Gasteiger partial charge is 0.388 e. The lowest BCUT2D eigenvalue weighted by Crippen LogP contribution is -2.35. The molecule has 100 valence electrons. The van der Waals surface area contributed by atoms with E-state index in [0.717, 1.165) is 12.8 Å². The van der Waals surface area contributed by atoms with Crippen molar-refractivity contribution in [1.29, 1.82) is 5.41 Å². The van der Waals surface area contributed by atoms with Crippen LogP contribution in [0.5, 0.6) is 0 Å². The van der Waals surface area contributed by atoms with Crippen LogP contribution in [0.4, 0.5) is 0 Å². The molecule has 7 nitrogen and oxygen atoms in total. The zero-order valence-electron chi connectivity index (χ0n) is 10.2. The van der Waals surface area contributed by atoms with E-state index in [2.05, 4.69) is 5.10 Å². The zero-order valence-corrected chi connectivity index (χ0v) is 11.0. The van der Waals surface area contributed by atoms with E-state index in [1.54, 1.807) is 7.05 Å². The fraction of sp³-hybridized carbons (Fsp3) is 0.600. The highest BCUT2D eigenvalue weighted by molar-refractivity contribution is 7.89. The second kappa shape index (κ2) is 4.69. The summed E-state index contributed by atoms with van der Waals surface area (Å²) in [5.74, 6) is 0.00189. The molecular weight excluding hydrogens is 254 g/mol. The fourth-order valence-corrected chi connectivity index (χ4v) is 3.43. The molecule has 0 saturated heterocycles. The van der Waals surface area contributed by atoms with Crippen LogP contribution in [0.3, 0.4) is 0 Å². The summed E-state index contributed by atoms with van der Waals surface area (Å²) in [6, 6.07) is 0.0505. The molecular formula is C10H17N5O2S. The van der Waals surface area contributed by atoms with Gasteiger partial charge in [-0.3, -0.25) is 10.1 Å². The van der Waals surface area contributed by atoms with Gasteiger partial charge in [0.05, 0.1) is 12.0 Å². The molecule has 2 rings (SSSR count). The van der Waals surface area contributed by atoms with Gasteiger partial charge in [-0.1, -0.05) is 0 Å². The van der Waals surface area contributed by atoms with Gasteiger partial charge in [0.1, 0.15) is 4.90 Å². The van der Waals surface area contributed by atoms with Gasteiger partial charge in [-0.15, -0.1) is 0 Å². The highest BCUT2D eigenvalue weighted by Gasteiger charge is 2.38. The summed E-state index contributed by atoms with van der Waals surface area (Å²) < 4.78 is 27.7. The first-order chi connectivity index (χ1) is 8.41. The maximum absolute atomic E-state index is 12.4. The molecule has 1 aromatic rings. The first kappa shape index (κ1) is 13.0. The lowest BCUT2D eigenvalue weighted by Gasteiger charge is -2.20. The lowest BCUT2D eigenvalue weighted by molar-refractivity contribution is 0.412. The van der Waals surface area contributed by atoms with Crippen LogP contribution in [0, 0.1) is 5.41 Å². The van der Waals surface area contributed by atoms with E-state index in [-0.39, 0.29) is 29.7 Å². The van der Waals surface area contributed by atoms with E-state index in [0.29, 0.717) is 0 Å². The third kappa shape index (κ3) is 2.70. The van der Waals surface area contributed by atoms with Gasteiger partial charge in [0.2, 0.25) is 10.0 Å². The molecule has 1 saturated carbocycles. The normalized spacial score (nSPS) is 16.1. The van der Waals surface area contributed by atoms with Crippen LogP contribution < -0.4 is 5.73 Å². The quantitative estimate of drug-likeness (QED) is 0.556. The third-order valence-corrected chi connectivity index (χ3v) is 4.75. The molecule has 1 aromatic heterocycles. The van der Waals surface area contributed by atoms with Gasteiger partial charge in [-0.05, 0) is 12.8 Å². The van der Waals surface area contributed by atoms with E-state index >= 15 is 0 Å². The summed E-state index contributed by atoms with van der Waals surface area (Å²) in [5.41, 5.74) is 5.29. The number of nitrogens with one attached hydrogen (secondary N) is 1. The Morgan fingerprint density at radius 1 is 1.67 bits per heavy atom. The Morgan fingerprint density at radius 2 is 2.33 bits per heavy atom. The number of aromatic nitrogens is 2. The lowest BCUT2D eigenvalue weighted by atomic mass is 10.4. The van der Waals surface area contributed by atoms with Crippen LogP contribution in [0.2, 0.25) is 0 Å². The van der Waals surface area contributed by atoms with Crippen LogP contribution in [-0.4, -0.2) is 40.9 Å². The monoisotopic (exact) mass is 271 g/mol. The molecule has 0 spiro atoms. The molecule has 18 heavy (non-hydrogen) atoms. The predicted molar refractivity (Wildman–Crippen MR) is 66.7 cm³/mol. The predicted octanol–water partition coefficient (Wildman–Crippen LogP) is -0.101. The average molecular weight is 271 g/mol. The molecule has 0 aromatic carbocycles. The molecule has 0 atom stereocenters. The first-order valence-electron chi connectivity index (χ1n) is 5.74. The Morgan fingerprint density at radius 3 is 2.78 bits per heavy atom. The summed E-state index contributed by atoms with van der Waals surface area (Å²) in [6.45, 7) is 0.261. The number of nitrogens with two attached hydrogens (primary N) is 1. The molecule has 3 N–H and O–H groups in total. The number of amidine groups is 1. The Bertz CT molecular complexity index is 546. The van der Waals surface area contributed by atoms with E-state index in [1.807, 2.05) is 0 Å². The maximum Gasteiger partial charge on any atom is 0.246 e. The van der Waals surface area contributed by atoms with E-state index in [1.165, 1.54) is 21.4 Å². The van der Waals surface area contributed by atoms with Crippen molar-refractivity contribution in [2.24, 2.45) is 12.8 Å². The summed E-state index contributed by atoms with van der Waals surface area (Å²) in [4.78, 5) is 0.195. The first-order valence-corrected chi connectivity index (χ1v) is 7.18. The molecule has 1 heterocycles. The van der Waals surface area contributed by atoms with Gasteiger partial charge in [-0.2, -0.15) is 9.40 Å². The van der Waals surface area contributed by atoms with Gasteiger partial charge in [0.15, 0.2) is 0 Å². The van der Waals surface area contributed by atoms with Crippen LogP contribution >= 0.6 is 0 Å². The Kier molecular flexibility index (Phi) is 3.40. The van der Waals surface area contributed by atoms with Crippen molar-refractivity contribution in [1.82, 2.24) is 14.1 Å². The van der Waals surface area contributed by atoms with E-state index in [4.69, 9.17) is 11.1 Å². The number of sulfonamides is 1. The van der Waals surface area contributed by atoms with Crippen molar-refractivity contribution in [3.63, 3.8) is 0 Å². The standard InChI is InChI=1S/C10H17N5O2S/c1-14-7-9(6-13-14)18(16,17)15(8-2-3-8)5-4-10(11)12/h6-8H,2-5H2,1H3,(H3,11,12). The second-order valence-corrected chi connectivity index (χ2v) is 6.36. The van der Waals surface area contributed by atoms with Crippen LogP contribution in [0.15, 0.2) is 17.3 Å². The number of hydrogen-bond donors (Lipinski definition) is 2. The van der Waals surface area contributed by atoms with E-state index in [9.17, 15) is 8.42 Å². The summed E-state index contributed by atoms with van der Waals surface area (Å²) >= 11 is 0. The Labute approximate surface area is 106 Å². The molecule has 0 unspecified atom stereocenters. The molecule has 1 fully saturated rings. The Hall–Kier alpha value is -1.41. The SMILES string of the molecule is Cn1cc(S(=O)(=O)N(CCC(=N)N)C2CC2)cn1. The minimum atomic E-state index is -3.51. The topological polar surface area (TPSA) is 105 Å². The molecule has 0 radical (unpaired) electrons. The van der Waals surface area contributed by atoms with Crippen molar-refractivity contribution in [2.75, 3.05) is 6.54 Å². The number of rotatable bonds is 6. The number of aryl methyl sites for hydroxylation is 1. The summed E-state index contributed by atoms with van der Waals surface area (Å²) in [5, 5.41) is 11.1. The molecule has 0 bridgehead atoms. The van der Waals surface area contributed by atoms with Crippen molar-refractivity contribution in [3.8, 4) is 0 Å². The molecule has 8 heteroatoms. The second-order valence-electron chi connectivity index (χ2n) is 4.47. The van der Waals surface area contributed by atoms with Crippen LogP contribution in [0.25, 0.3) is 0 Å². The van der Waals surface area contributed by atoms with Crippen LogP contribution in [-0.2, 0) is 17.1 Å². The van der Waals surface area contributed by atoms with Gasteiger partial charge in [0.25, 0.3) is 0 Å². The minimum Gasteiger partial charge on any atom is -0.388 e. The van der Waals surface area contributed by atoms with Crippen LogP contribution in [0.1, 0.15) is 19.3 Å². The van der Waals surface area contributed by atoms with Gasteiger partial charge < -0.3 is 5.73 Å². The Balaban J connectivity index is 2.21. The van der Waals surface area contributed by atoms with E-state index < -0.39 is 10.0 Å². The molecule has 0 aliphatic heterocycles. The van der Waals surface area contributed by atoms with Crippen molar-refractivity contribution in [3.05, 3.63) is 12.4 Å². The zero-order chi connectivity index (χ0) is 13.3. The highest BCUT2D eigenvalue weighted by atomic mass is 32.2. The molecule has 0 amide bonds. The number of hydrogen-bond acceptors (Lipinski definition) is 4. The van der Waals surface area contributed by atoms with Gasteiger partial charge >= 0.3 is 0 Å². The highest BCUT2D eigenvalue weighted by Crippen LogP contribution is 2.31. The minimum absolute atomic E-state index is 0.00189. The maximum atomic E-state index is 12.4. The summed E-state index contributed by atoms with van der Waals surface area (Å²) in [6.07, 6.45) is 4.84. The van der Waals surface area contributed by atoms with Gasteiger partial charge in [0, 0.05) is 32.3 Å². The number of nitrogens with zero attached hydrogens (tertiary/aromatic N) is 3. The molecule has 1 aliphatic carbocycles. The smallest absolute Gasteiger partial charge is 0.246 e. The van der Waals surface area contributed by atoms with Crippen molar-refractivity contribution in [2.45, 2.75) is 30.2 Å².